The third-order valence-corrected chi connectivity index (χ3v) is 4.44. The second-order valence-corrected chi connectivity index (χ2v) is 6.10. The van der Waals surface area contributed by atoms with Crippen LogP contribution in [0.4, 0.5) is 13.2 Å². The summed E-state index contributed by atoms with van der Waals surface area (Å²) < 4.78 is 44.7. The Morgan fingerprint density at radius 2 is 2.19 bits per heavy atom. The van der Waals surface area contributed by atoms with Crippen molar-refractivity contribution in [2.45, 2.75) is 32.0 Å². The highest BCUT2D eigenvalue weighted by atomic mass is 79.9. The smallest absolute Gasteiger partial charge is 0.381 e. The molecule has 2 nitrogen and oxygen atoms in total. The number of rotatable bonds is 4. The lowest BCUT2D eigenvalue weighted by Crippen LogP contribution is -2.33. The summed E-state index contributed by atoms with van der Waals surface area (Å²) in [5.41, 5.74) is 0.0440. The van der Waals surface area contributed by atoms with Crippen molar-refractivity contribution >= 4 is 15.9 Å². The van der Waals surface area contributed by atoms with Crippen molar-refractivity contribution in [1.82, 2.24) is 5.32 Å². The topological polar surface area (TPSA) is 21.3 Å². The highest BCUT2D eigenvalue weighted by molar-refractivity contribution is 9.10. The second-order valence-electron chi connectivity index (χ2n) is 5.25. The van der Waals surface area contributed by atoms with Gasteiger partial charge >= 0.3 is 6.18 Å². The van der Waals surface area contributed by atoms with Crippen LogP contribution in [0.2, 0.25) is 0 Å². The molecule has 0 radical (unpaired) electrons. The maximum atomic E-state index is 13.0. The van der Waals surface area contributed by atoms with Crippen LogP contribution in [0.3, 0.4) is 0 Å². The molecule has 1 fully saturated rings. The Hall–Kier alpha value is -0.590. The lowest BCUT2D eigenvalue weighted by molar-refractivity contribution is -0.138. The number of alkyl halides is 3. The van der Waals surface area contributed by atoms with E-state index in [0.29, 0.717) is 18.7 Å². The van der Waals surface area contributed by atoms with E-state index in [1.54, 1.807) is 6.07 Å². The van der Waals surface area contributed by atoms with Crippen molar-refractivity contribution in [1.29, 1.82) is 0 Å². The van der Waals surface area contributed by atoms with Gasteiger partial charge < -0.3 is 10.1 Å². The summed E-state index contributed by atoms with van der Waals surface area (Å²) in [7, 11) is 0. The molecule has 0 amide bonds. The molecule has 1 saturated heterocycles. The number of ether oxygens (including phenoxy) is 1. The minimum Gasteiger partial charge on any atom is -0.381 e. The van der Waals surface area contributed by atoms with Gasteiger partial charge in [0.2, 0.25) is 0 Å². The summed E-state index contributed by atoms with van der Waals surface area (Å²) in [6, 6.07) is 4.36. The second kappa shape index (κ2) is 7.11. The van der Waals surface area contributed by atoms with E-state index in [0.717, 1.165) is 19.4 Å². The molecule has 2 atom stereocenters. The van der Waals surface area contributed by atoms with Crippen molar-refractivity contribution in [3.05, 3.63) is 33.8 Å². The van der Waals surface area contributed by atoms with E-state index in [4.69, 9.17) is 4.74 Å². The zero-order valence-electron chi connectivity index (χ0n) is 11.8. The van der Waals surface area contributed by atoms with Gasteiger partial charge in [-0.25, -0.2) is 0 Å². The van der Waals surface area contributed by atoms with Gasteiger partial charge in [0.05, 0.1) is 12.2 Å². The lowest BCUT2D eigenvalue weighted by Gasteiger charge is -2.31. The van der Waals surface area contributed by atoms with Gasteiger partial charge in [-0.05, 0) is 37.1 Å². The van der Waals surface area contributed by atoms with E-state index in [2.05, 4.69) is 21.2 Å². The first kappa shape index (κ1) is 16.8. The zero-order valence-corrected chi connectivity index (χ0v) is 13.4. The van der Waals surface area contributed by atoms with Crippen LogP contribution in [0.5, 0.6) is 0 Å². The third kappa shape index (κ3) is 4.20. The Labute approximate surface area is 131 Å². The highest BCUT2D eigenvalue weighted by Crippen LogP contribution is 2.38. The monoisotopic (exact) mass is 365 g/mol. The van der Waals surface area contributed by atoms with Crippen LogP contribution < -0.4 is 5.32 Å². The average Bonchev–Trinajstić information content (AvgIpc) is 2.45. The SMILES string of the molecule is CCNC(c1ccc(Br)c(C(F)(F)F)c1)C1CCCOC1. The molecule has 21 heavy (non-hydrogen) atoms. The molecule has 6 heteroatoms. The van der Waals surface area contributed by atoms with Crippen LogP contribution in [0.25, 0.3) is 0 Å². The molecule has 1 heterocycles. The summed E-state index contributed by atoms with van der Waals surface area (Å²) >= 11 is 2.99. The van der Waals surface area contributed by atoms with Crippen LogP contribution in [-0.4, -0.2) is 19.8 Å². The largest absolute Gasteiger partial charge is 0.417 e. The Balaban J connectivity index is 2.31. The van der Waals surface area contributed by atoms with Crippen LogP contribution in [0.15, 0.2) is 22.7 Å². The van der Waals surface area contributed by atoms with Crippen LogP contribution in [0.1, 0.15) is 36.9 Å². The van der Waals surface area contributed by atoms with Gasteiger partial charge in [-0.1, -0.05) is 28.9 Å². The van der Waals surface area contributed by atoms with Crippen molar-refractivity contribution in [3.8, 4) is 0 Å². The van der Waals surface area contributed by atoms with Crippen molar-refractivity contribution < 1.29 is 17.9 Å². The predicted octanol–water partition coefficient (Wildman–Crippen LogP) is 4.55. The predicted molar refractivity (Wildman–Crippen MR) is 79.1 cm³/mol. The van der Waals surface area contributed by atoms with Gasteiger partial charge in [-0.3, -0.25) is 0 Å². The fourth-order valence-corrected chi connectivity index (χ4v) is 3.23. The van der Waals surface area contributed by atoms with Crippen molar-refractivity contribution in [2.75, 3.05) is 19.8 Å². The first-order valence-electron chi connectivity index (χ1n) is 7.11. The molecular weight excluding hydrogens is 347 g/mol. The Bertz CT molecular complexity index is 472. The highest BCUT2D eigenvalue weighted by Gasteiger charge is 2.34. The summed E-state index contributed by atoms with van der Waals surface area (Å²) in [4.78, 5) is 0. The van der Waals surface area contributed by atoms with Gasteiger partial charge in [0, 0.05) is 23.0 Å². The zero-order chi connectivity index (χ0) is 15.5. The molecular formula is C15H19BrF3NO. The first-order valence-corrected chi connectivity index (χ1v) is 7.90. The molecule has 0 aliphatic carbocycles. The molecule has 1 aliphatic heterocycles. The van der Waals surface area contributed by atoms with Gasteiger partial charge in [0.25, 0.3) is 0 Å². The quantitative estimate of drug-likeness (QED) is 0.845. The molecule has 0 saturated carbocycles. The number of hydrogen-bond acceptors (Lipinski definition) is 2. The van der Waals surface area contributed by atoms with Gasteiger partial charge in [-0.15, -0.1) is 0 Å². The normalized spacial score (nSPS) is 21.3. The van der Waals surface area contributed by atoms with E-state index in [9.17, 15) is 13.2 Å². The standard InChI is InChI=1S/C15H19BrF3NO/c1-2-20-14(11-4-3-7-21-9-11)10-5-6-13(16)12(8-10)15(17,18)19/h5-6,8,11,14,20H,2-4,7,9H2,1H3. The van der Waals surface area contributed by atoms with Crippen LogP contribution in [-0.2, 0) is 10.9 Å². The molecule has 1 N–H and O–H groups in total. The van der Waals surface area contributed by atoms with Crippen molar-refractivity contribution in [2.24, 2.45) is 5.92 Å². The van der Waals surface area contributed by atoms with E-state index < -0.39 is 11.7 Å². The van der Waals surface area contributed by atoms with E-state index >= 15 is 0 Å². The van der Waals surface area contributed by atoms with Crippen molar-refractivity contribution in [3.63, 3.8) is 0 Å². The molecule has 0 aromatic heterocycles. The molecule has 2 unspecified atom stereocenters. The minimum absolute atomic E-state index is 0.0777. The minimum atomic E-state index is -4.35. The fourth-order valence-electron chi connectivity index (χ4n) is 2.76. The maximum absolute atomic E-state index is 13.0. The molecule has 2 rings (SSSR count). The average molecular weight is 366 g/mol. The number of nitrogens with one attached hydrogen (secondary N) is 1. The number of halogens is 4. The number of benzene rings is 1. The Morgan fingerprint density at radius 1 is 1.43 bits per heavy atom. The summed E-state index contributed by atoms with van der Waals surface area (Å²) in [5.74, 6) is 0.209. The van der Waals surface area contributed by atoms with E-state index in [1.807, 2.05) is 6.92 Å². The number of hydrogen-bond donors (Lipinski definition) is 1. The van der Waals surface area contributed by atoms with Gasteiger partial charge in [-0.2, -0.15) is 13.2 Å². The Morgan fingerprint density at radius 3 is 2.76 bits per heavy atom. The van der Waals surface area contributed by atoms with Gasteiger partial charge in [0.15, 0.2) is 0 Å². The Kier molecular flexibility index (Phi) is 5.68. The lowest BCUT2D eigenvalue weighted by atomic mass is 9.88. The first-order chi connectivity index (χ1) is 9.93. The molecule has 118 valence electrons. The van der Waals surface area contributed by atoms with Gasteiger partial charge in [0.1, 0.15) is 0 Å². The van der Waals surface area contributed by atoms with E-state index in [1.165, 1.54) is 12.1 Å². The fraction of sp³-hybridized carbons (Fsp3) is 0.600. The molecule has 1 aromatic rings. The molecule has 0 spiro atoms. The van der Waals surface area contributed by atoms with Crippen LogP contribution >= 0.6 is 15.9 Å². The van der Waals surface area contributed by atoms with Crippen LogP contribution in [0, 0.1) is 5.92 Å². The van der Waals surface area contributed by atoms with E-state index in [-0.39, 0.29) is 16.4 Å². The summed E-state index contributed by atoms with van der Waals surface area (Å²) in [6.07, 6.45) is -2.43. The third-order valence-electron chi connectivity index (χ3n) is 3.75. The molecule has 1 aliphatic rings. The molecule has 1 aromatic carbocycles. The summed E-state index contributed by atoms with van der Waals surface area (Å²) in [5, 5.41) is 3.30. The molecule has 0 bridgehead atoms. The maximum Gasteiger partial charge on any atom is 0.417 e. The summed E-state index contributed by atoms with van der Waals surface area (Å²) in [6.45, 7) is 4.00.